The Morgan fingerprint density at radius 1 is 1.46 bits per heavy atom. The minimum Gasteiger partial charge on any atom is -0.329 e. The van der Waals surface area contributed by atoms with Crippen molar-refractivity contribution in [2.24, 2.45) is 4.40 Å². The lowest BCUT2D eigenvalue weighted by Crippen LogP contribution is -2.13. The first-order valence-electron chi connectivity index (χ1n) is 3.30. The number of rotatable bonds is 0. The molecule has 0 aliphatic carbocycles. The summed E-state index contributed by atoms with van der Waals surface area (Å²) >= 11 is 0. The van der Waals surface area contributed by atoms with Crippen LogP contribution in [-0.2, 0) is 10.0 Å². The van der Waals surface area contributed by atoms with E-state index in [1.807, 2.05) is 0 Å². The molecule has 0 unspecified atom stereocenters. The second-order valence-electron chi connectivity index (χ2n) is 2.35. The van der Waals surface area contributed by atoms with E-state index in [-0.39, 0.29) is 10.7 Å². The molecule has 1 aromatic heterocycles. The molecular weight excluding hydrogens is 197 g/mol. The maximum absolute atomic E-state index is 12.6. The lowest BCUT2D eigenvalue weighted by atomic mass is 10.4. The molecule has 2 heterocycles. The highest BCUT2D eigenvalue weighted by Crippen LogP contribution is 2.23. The molecule has 0 spiro atoms. The van der Waals surface area contributed by atoms with Gasteiger partial charge in [-0.3, -0.25) is 0 Å². The zero-order chi connectivity index (χ0) is 9.47. The molecule has 68 valence electrons. The van der Waals surface area contributed by atoms with Gasteiger partial charge in [-0.05, 0) is 6.07 Å². The molecule has 0 atom stereocenters. The second kappa shape index (κ2) is 2.49. The van der Waals surface area contributed by atoms with E-state index in [2.05, 4.69) is 14.7 Å². The summed E-state index contributed by atoms with van der Waals surface area (Å²) in [5.41, 5.74) is 0. The first kappa shape index (κ1) is 8.11. The molecule has 0 bridgehead atoms. The van der Waals surface area contributed by atoms with E-state index in [0.29, 0.717) is 0 Å². The molecule has 0 saturated heterocycles. The third-order valence-electron chi connectivity index (χ3n) is 1.49. The third-order valence-corrected chi connectivity index (χ3v) is 2.74. The molecular formula is C6H4FN3O2S. The van der Waals surface area contributed by atoms with Crippen LogP contribution in [0.5, 0.6) is 0 Å². The predicted molar refractivity (Wildman–Crippen MR) is 43.5 cm³/mol. The Labute approximate surface area is 73.4 Å². The third kappa shape index (κ3) is 1.26. The van der Waals surface area contributed by atoms with Crippen LogP contribution in [0.4, 0.5) is 10.2 Å². The number of aromatic nitrogens is 1. The van der Waals surface area contributed by atoms with Crippen LogP contribution in [-0.4, -0.2) is 19.7 Å². The predicted octanol–water partition coefficient (Wildman–Crippen LogP) is 0.363. The fourth-order valence-electron chi connectivity index (χ4n) is 0.939. The van der Waals surface area contributed by atoms with Crippen LogP contribution in [0.1, 0.15) is 0 Å². The van der Waals surface area contributed by atoms with Crippen molar-refractivity contribution in [3.05, 3.63) is 18.1 Å². The highest BCUT2D eigenvalue weighted by atomic mass is 32.2. The van der Waals surface area contributed by atoms with Crippen molar-refractivity contribution in [2.75, 3.05) is 5.32 Å². The molecule has 0 radical (unpaired) electrons. The van der Waals surface area contributed by atoms with E-state index >= 15 is 0 Å². The molecule has 5 nitrogen and oxygen atoms in total. The summed E-state index contributed by atoms with van der Waals surface area (Å²) in [7, 11) is -3.76. The number of fused-ring (bicyclic) bond motifs is 1. The zero-order valence-corrected chi connectivity index (χ0v) is 7.05. The minimum absolute atomic E-state index is 0.0939. The lowest BCUT2D eigenvalue weighted by Gasteiger charge is -2.09. The maximum atomic E-state index is 12.6. The van der Waals surface area contributed by atoms with Crippen molar-refractivity contribution >= 4 is 22.2 Å². The van der Waals surface area contributed by atoms with Crippen LogP contribution in [0.15, 0.2) is 21.6 Å². The largest absolute Gasteiger partial charge is 0.329 e. The Hall–Kier alpha value is -1.50. The average Bonchev–Trinajstić information content (AvgIpc) is 2.06. The Balaban J connectivity index is 2.74. The van der Waals surface area contributed by atoms with Gasteiger partial charge in [-0.1, -0.05) is 0 Å². The van der Waals surface area contributed by atoms with Gasteiger partial charge in [0.1, 0.15) is 17.1 Å². The molecule has 13 heavy (non-hydrogen) atoms. The summed E-state index contributed by atoms with van der Waals surface area (Å²) in [6.07, 6.45) is 1.93. The van der Waals surface area contributed by atoms with Gasteiger partial charge in [-0.2, -0.15) is 8.42 Å². The first-order chi connectivity index (χ1) is 6.09. The summed E-state index contributed by atoms with van der Waals surface area (Å²) in [4.78, 5) is 3.32. The van der Waals surface area contributed by atoms with E-state index in [9.17, 15) is 12.8 Å². The molecule has 0 fully saturated rings. The fourth-order valence-corrected chi connectivity index (χ4v) is 1.86. The van der Waals surface area contributed by atoms with E-state index in [1.54, 1.807) is 0 Å². The van der Waals surface area contributed by atoms with Crippen LogP contribution in [0.25, 0.3) is 0 Å². The molecule has 7 heteroatoms. The van der Waals surface area contributed by atoms with E-state index in [4.69, 9.17) is 0 Å². The quantitative estimate of drug-likeness (QED) is 0.658. The van der Waals surface area contributed by atoms with Gasteiger partial charge < -0.3 is 5.32 Å². The SMILES string of the molecule is O=S1(=O)N=CNc2ncc(F)cc21. The van der Waals surface area contributed by atoms with Crippen LogP contribution in [0.3, 0.4) is 0 Å². The number of nitrogens with one attached hydrogen (secondary N) is 1. The lowest BCUT2D eigenvalue weighted by molar-refractivity contribution is 0.590. The monoisotopic (exact) mass is 201 g/mol. The number of anilines is 1. The maximum Gasteiger partial charge on any atom is 0.287 e. The van der Waals surface area contributed by atoms with Gasteiger partial charge in [0.25, 0.3) is 10.0 Å². The summed E-state index contributed by atoms with van der Waals surface area (Å²) in [6, 6.07) is 0.876. The number of hydrogen-bond donors (Lipinski definition) is 1. The summed E-state index contributed by atoms with van der Waals surface area (Å²) in [5, 5.41) is 2.50. The summed E-state index contributed by atoms with van der Waals surface area (Å²) < 4.78 is 38.2. The topological polar surface area (TPSA) is 71.4 Å². The highest BCUT2D eigenvalue weighted by molar-refractivity contribution is 7.90. The molecule has 0 amide bonds. The van der Waals surface area contributed by atoms with Crippen LogP contribution >= 0.6 is 0 Å². The van der Waals surface area contributed by atoms with Crippen LogP contribution in [0, 0.1) is 5.82 Å². The van der Waals surface area contributed by atoms with Crippen molar-refractivity contribution in [1.29, 1.82) is 0 Å². The van der Waals surface area contributed by atoms with Gasteiger partial charge in [-0.25, -0.2) is 9.37 Å². The molecule has 2 rings (SSSR count). The number of sulfonamides is 1. The van der Waals surface area contributed by atoms with Crippen molar-refractivity contribution in [3.63, 3.8) is 0 Å². The number of halogens is 1. The Kier molecular flexibility index (Phi) is 1.56. The van der Waals surface area contributed by atoms with Gasteiger partial charge in [0.05, 0.1) is 6.20 Å². The van der Waals surface area contributed by atoms with Gasteiger partial charge in [-0.15, -0.1) is 4.40 Å². The average molecular weight is 201 g/mol. The van der Waals surface area contributed by atoms with E-state index in [1.165, 1.54) is 0 Å². The first-order valence-corrected chi connectivity index (χ1v) is 4.74. The van der Waals surface area contributed by atoms with E-state index in [0.717, 1.165) is 18.6 Å². The van der Waals surface area contributed by atoms with Crippen molar-refractivity contribution in [3.8, 4) is 0 Å². The standard InChI is InChI=1S/C6H4FN3O2S/c7-4-1-5-6(8-2-4)9-3-10-13(5,11)12/h1-3H,(H,8,9,10). The number of nitrogens with zero attached hydrogens (tertiary/aromatic N) is 2. The highest BCUT2D eigenvalue weighted by Gasteiger charge is 2.22. The van der Waals surface area contributed by atoms with Crippen LogP contribution < -0.4 is 5.32 Å². The van der Waals surface area contributed by atoms with Crippen molar-refractivity contribution in [2.45, 2.75) is 4.90 Å². The molecule has 1 aliphatic rings. The smallest absolute Gasteiger partial charge is 0.287 e. The van der Waals surface area contributed by atoms with Gasteiger partial charge >= 0.3 is 0 Å². The molecule has 1 aliphatic heterocycles. The van der Waals surface area contributed by atoms with Gasteiger partial charge in [0.15, 0.2) is 5.82 Å². The van der Waals surface area contributed by atoms with Crippen LogP contribution in [0.2, 0.25) is 0 Å². The normalized spacial score (nSPS) is 17.6. The summed E-state index contributed by atoms with van der Waals surface area (Å²) in [5.74, 6) is -0.613. The minimum atomic E-state index is -3.76. The Morgan fingerprint density at radius 3 is 3.00 bits per heavy atom. The number of hydrogen-bond acceptors (Lipinski definition) is 4. The second-order valence-corrected chi connectivity index (χ2v) is 3.95. The Morgan fingerprint density at radius 2 is 2.23 bits per heavy atom. The van der Waals surface area contributed by atoms with Gasteiger partial charge in [0.2, 0.25) is 0 Å². The zero-order valence-electron chi connectivity index (χ0n) is 6.23. The van der Waals surface area contributed by atoms with Gasteiger partial charge in [0, 0.05) is 0 Å². The fraction of sp³-hybridized carbons (Fsp3) is 0. The van der Waals surface area contributed by atoms with Crippen molar-refractivity contribution < 1.29 is 12.8 Å². The molecule has 0 aromatic carbocycles. The molecule has 0 saturated carbocycles. The van der Waals surface area contributed by atoms with Crippen molar-refractivity contribution in [1.82, 2.24) is 4.98 Å². The number of pyridine rings is 1. The Bertz CT molecular complexity index is 483. The molecule has 1 N–H and O–H groups in total. The molecule has 1 aromatic rings. The van der Waals surface area contributed by atoms with E-state index < -0.39 is 15.8 Å². The summed E-state index contributed by atoms with van der Waals surface area (Å²) in [6.45, 7) is 0.